The SMILES string of the molecule is CC1(C(=O)N=S2(=O)CCNCC2)CC1. The molecule has 0 atom stereocenters. The predicted octanol–water partition coefficient (Wildman–Crippen LogP) is 0.384. The molecule has 0 aromatic carbocycles. The predicted molar refractivity (Wildman–Crippen MR) is 55.5 cm³/mol. The van der Waals surface area contributed by atoms with Gasteiger partial charge in [-0.3, -0.25) is 4.79 Å². The second kappa shape index (κ2) is 3.31. The Kier molecular flexibility index (Phi) is 2.39. The lowest BCUT2D eigenvalue weighted by Crippen LogP contribution is -2.36. The van der Waals surface area contributed by atoms with Gasteiger partial charge < -0.3 is 5.32 Å². The molecule has 14 heavy (non-hydrogen) atoms. The van der Waals surface area contributed by atoms with Gasteiger partial charge in [-0.15, -0.1) is 0 Å². The summed E-state index contributed by atoms with van der Waals surface area (Å²) in [6.45, 7) is 3.33. The number of amides is 1. The van der Waals surface area contributed by atoms with Crippen molar-refractivity contribution in [1.29, 1.82) is 0 Å². The molecule has 2 aliphatic rings. The first kappa shape index (κ1) is 10.1. The minimum Gasteiger partial charge on any atom is -0.315 e. The van der Waals surface area contributed by atoms with E-state index in [0.29, 0.717) is 24.6 Å². The smallest absolute Gasteiger partial charge is 0.259 e. The van der Waals surface area contributed by atoms with Crippen molar-refractivity contribution in [2.75, 3.05) is 24.6 Å². The Labute approximate surface area is 84.6 Å². The second-order valence-electron chi connectivity index (χ2n) is 4.39. The Balaban J connectivity index is 2.15. The number of carbonyl (C=O) groups is 1. The van der Waals surface area contributed by atoms with E-state index in [1.807, 2.05) is 6.92 Å². The number of carbonyl (C=O) groups excluding carboxylic acids is 1. The zero-order chi connectivity index (χ0) is 10.2. The number of hydrogen-bond donors (Lipinski definition) is 1. The third-order valence-electron chi connectivity index (χ3n) is 2.96. The van der Waals surface area contributed by atoms with Gasteiger partial charge in [0.25, 0.3) is 5.91 Å². The van der Waals surface area contributed by atoms with Crippen molar-refractivity contribution in [3.63, 3.8) is 0 Å². The highest BCUT2D eigenvalue weighted by Crippen LogP contribution is 2.46. The second-order valence-corrected chi connectivity index (χ2v) is 6.93. The highest BCUT2D eigenvalue weighted by Gasteiger charge is 2.45. The number of rotatable bonds is 1. The van der Waals surface area contributed by atoms with E-state index in [2.05, 4.69) is 9.68 Å². The average Bonchev–Trinajstić information content (AvgIpc) is 2.85. The lowest BCUT2D eigenvalue weighted by atomic mass is 10.1. The first-order chi connectivity index (χ1) is 6.54. The van der Waals surface area contributed by atoms with Crippen molar-refractivity contribution in [3.05, 3.63) is 0 Å². The molecule has 1 heterocycles. The van der Waals surface area contributed by atoms with E-state index in [9.17, 15) is 9.00 Å². The largest absolute Gasteiger partial charge is 0.315 e. The van der Waals surface area contributed by atoms with Crippen molar-refractivity contribution >= 4 is 15.6 Å². The van der Waals surface area contributed by atoms with Crippen LogP contribution in [0.4, 0.5) is 0 Å². The Bertz CT molecular complexity index is 353. The molecule has 2 fully saturated rings. The van der Waals surface area contributed by atoms with E-state index in [-0.39, 0.29) is 11.3 Å². The summed E-state index contributed by atoms with van der Waals surface area (Å²) in [5.41, 5.74) is -0.269. The minimum absolute atomic E-state index is 0.135. The molecule has 1 aliphatic carbocycles. The van der Waals surface area contributed by atoms with Gasteiger partial charge in [0.2, 0.25) is 0 Å². The molecule has 5 heteroatoms. The van der Waals surface area contributed by atoms with Gasteiger partial charge in [0.1, 0.15) is 0 Å². The van der Waals surface area contributed by atoms with Crippen LogP contribution in [0, 0.1) is 5.41 Å². The summed E-state index contributed by atoms with van der Waals surface area (Å²) in [7, 11) is -2.22. The zero-order valence-electron chi connectivity index (χ0n) is 8.41. The highest BCUT2D eigenvalue weighted by atomic mass is 32.2. The van der Waals surface area contributed by atoms with Crippen molar-refractivity contribution in [2.24, 2.45) is 9.78 Å². The molecule has 2 rings (SSSR count). The van der Waals surface area contributed by atoms with Crippen molar-refractivity contribution in [2.45, 2.75) is 19.8 Å². The quantitative estimate of drug-likeness (QED) is 0.689. The first-order valence-electron chi connectivity index (χ1n) is 5.02. The van der Waals surface area contributed by atoms with Crippen LogP contribution in [0.1, 0.15) is 19.8 Å². The van der Waals surface area contributed by atoms with Crippen molar-refractivity contribution < 1.29 is 9.00 Å². The van der Waals surface area contributed by atoms with E-state index in [1.54, 1.807) is 0 Å². The van der Waals surface area contributed by atoms with Crippen LogP contribution in [0.3, 0.4) is 0 Å². The minimum atomic E-state index is -2.22. The lowest BCUT2D eigenvalue weighted by Gasteiger charge is -2.16. The molecule has 1 amide bonds. The van der Waals surface area contributed by atoms with Crippen LogP contribution in [-0.4, -0.2) is 34.7 Å². The monoisotopic (exact) mass is 216 g/mol. The van der Waals surface area contributed by atoms with Gasteiger partial charge in [0, 0.05) is 30.0 Å². The Morgan fingerprint density at radius 1 is 1.36 bits per heavy atom. The van der Waals surface area contributed by atoms with Crippen LogP contribution in [0.25, 0.3) is 0 Å². The zero-order valence-corrected chi connectivity index (χ0v) is 9.23. The average molecular weight is 216 g/mol. The number of nitrogens with zero attached hydrogens (tertiary/aromatic N) is 1. The summed E-state index contributed by atoms with van der Waals surface area (Å²) in [6.07, 6.45) is 1.81. The maximum absolute atomic E-state index is 12.1. The summed E-state index contributed by atoms with van der Waals surface area (Å²) in [6, 6.07) is 0. The molecule has 1 saturated carbocycles. The Hall–Kier alpha value is -0.420. The summed E-state index contributed by atoms with van der Waals surface area (Å²) in [5, 5.41) is 3.12. The summed E-state index contributed by atoms with van der Waals surface area (Å²) >= 11 is 0. The topological polar surface area (TPSA) is 58.5 Å². The van der Waals surface area contributed by atoms with Gasteiger partial charge in [0.05, 0.1) is 9.73 Å². The first-order valence-corrected chi connectivity index (χ1v) is 6.87. The van der Waals surface area contributed by atoms with Crippen LogP contribution in [0.15, 0.2) is 4.36 Å². The summed E-state index contributed by atoms with van der Waals surface area (Å²) in [5.74, 6) is 0.910. The molecule has 1 saturated heterocycles. The Morgan fingerprint density at radius 3 is 2.43 bits per heavy atom. The third kappa shape index (κ3) is 1.98. The highest BCUT2D eigenvalue weighted by molar-refractivity contribution is 7.94. The van der Waals surface area contributed by atoms with E-state index >= 15 is 0 Å². The maximum Gasteiger partial charge on any atom is 0.259 e. The van der Waals surface area contributed by atoms with Gasteiger partial charge in [-0.2, -0.15) is 4.36 Å². The molecule has 80 valence electrons. The lowest BCUT2D eigenvalue weighted by molar-refractivity contribution is -0.122. The van der Waals surface area contributed by atoms with E-state index < -0.39 is 9.73 Å². The van der Waals surface area contributed by atoms with Crippen molar-refractivity contribution in [3.8, 4) is 0 Å². The van der Waals surface area contributed by atoms with Gasteiger partial charge in [-0.05, 0) is 12.8 Å². The number of hydrogen-bond acceptors (Lipinski definition) is 3. The normalized spacial score (nSPS) is 28.1. The van der Waals surface area contributed by atoms with Crippen LogP contribution < -0.4 is 5.32 Å². The molecule has 0 bridgehead atoms. The van der Waals surface area contributed by atoms with E-state index in [1.165, 1.54) is 0 Å². The molecule has 0 aromatic heterocycles. The van der Waals surface area contributed by atoms with E-state index in [4.69, 9.17) is 0 Å². The third-order valence-corrected chi connectivity index (χ3v) is 5.14. The fourth-order valence-electron chi connectivity index (χ4n) is 1.44. The molecule has 1 aliphatic heterocycles. The molecular formula is C9H16N2O2S. The molecule has 0 unspecified atom stereocenters. The summed E-state index contributed by atoms with van der Waals surface area (Å²) in [4.78, 5) is 11.6. The van der Waals surface area contributed by atoms with Gasteiger partial charge in [-0.25, -0.2) is 4.21 Å². The van der Waals surface area contributed by atoms with Gasteiger partial charge in [0.15, 0.2) is 0 Å². The molecular weight excluding hydrogens is 200 g/mol. The maximum atomic E-state index is 12.1. The van der Waals surface area contributed by atoms with Crippen LogP contribution in [0.2, 0.25) is 0 Å². The van der Waals surface area contributed by atoms with E-state index in [0.717, 1.165) is 12.8 Å². The van der Waals surface area contributed by atoms with Crippen LogP contribution >= 0.6 is 0 Å². The molecule has 4 nitrogen and oxygen atoms in total. The fourth-order valence-corrected chi connectivity index (χ4v) is 3.28. The fraction of sp³-hybridized carbons (Fsp3) is 0.889. The van der Waals surface area contributed by atoms with Crippen LogP contribution in [0.5, 0.6) is 0 Å². The number of nitrogens with one attached hydrogen (secondary N) is 1. The molecule has 1 N–H and O–H groups in total. The van der Waals surface area contributed by atoms with Gasteiger partial charge >= 0.3 is 0 Å². The molecule has 0 spiro atoms. The summed E-state index contributed by atoms with van der Waals surface area (Å²) < 4.78 is 16.0. The van der Waals surface area contributed by atoms with Crippen molar-refractivity contribution in [1.82, 2.24) is 5.32 Å². The van der Waals surface area contributed by atoms with Gasteiger partial charge in [-0.1, -0.05) is 6.92 Å². The molecule has 0 radical (unpaired) electrons. The van der Waals surface area contributed by atoms with Crippen LogP contribution in [-0.2, 0) is 14.5 Å². The standard InChI is InChI=1S/C9H16N2O2S/c1-9(2-3-9)8(12)11-14(13)6-4-10-5-7-14/h10H,2-7H2,1H3. The molecule has 0 aromatic rings. The Morgan fingerprint density at radius 2 is 1.93 bits per heavy atom.